The van der Waals surface area contributed by atoms with Crippen LogP contribution in [-0.4, -0.2) is 43.2 Å². The molecule has 1 aromatic rings. The van der Waals surface area contributed by atoms with Gasteiger partial charge in [0.25, 0.3) is 0 Å². The van der Waals surface area contributed by atoms with E-state index >= 15 is 0 Å². The van der Waals surface area contributed by atoms with Crippen LogP contribution in [0, 0.1) is 12.8 Å². The minimum absolute atomic E-state index is 0. The van der Waals surface area contributed by atoms with Crippen LogP contribution in [0.25, 0.3) is 0 Å². The van der Waals surface area contributed by atoms with Gasteiger partial charge >= 0.3 is 0 Å². The summed E-state index contributed by atoms with van der Waals surface area (Å²) in [5, 5.41) is 3.22. The van der Waals surface area contributed by atoms with Crippen molar-refractivity contribution in [1.82, 2.24) is 10.2 Å². The number of likely N-dealkylation sites (tertiary alicyclic amines) is 1. The lowest BCUT2D eigenvalue weighted by atomic mass is 9.98. The van der Waals surface area contributed by atoms with E-state index in [1.165, 1.54) is 16.9 Å². The number of aryl methyl sites for hydroxylation is 1. The highest BCUT2D eigenvalue weighted by Crippen LogP contribution is 2.26. The summed E-state index contributed by atoms with van der Waals surface area (Å²) in [6, 6.07) is 6.21. The van der Waals surface area contributed by atoms with Gasteiger partial charge in [-0.05, 0) is 63.0 Å². The average Bonchev–Trinajstić information content (AvgIpc) is 2.47. The fourth-order valence-corrected chi connectivity index (χ4v) is 4.14. The van der Waals surface area contributed by atoms with Gasteiger partial charge in [0.05, 0.1) is 5.75 Å². The number of benzene rings is 1. The van der Waals surface area contributed by atoms with E-state index in [9.17, 15) is 4.79 Å². The van der Waals surface area contributed by atoms with Gasteiger partial charge < -0.3 is 10.2 Å². The van der Waals surface area contributed by atoms with Crippen molar-refractivity contribution >= 4 is 46.0 Å². The van der Waals surface area contributed by atoms with Crippen molar-refractivity contribution in [2.45, 2.75) is 24.7 Å². The van der Waals surface area contributed by atoms with Crippen LogP contribution < -0.4 is 5.32 Å². The molecule has 1 aromatic carbocycles. The van der Waals surface area contributed by atoms with Crippen molar-refractivity contribution < 1.29 is 4.79 Å². The van der Waals surface area contributed by atoms with Gasteiger partial charge in [-0.3, -0.25) is 4.79 Å². The SMILES string of the molecule is CNCC1CCCN(C(=O)CSc2ccc(Br)cc2C)C1.Cl. The number of nitrogens with zero attached hydrogens (tertiary/aromatic N) is 1. The van der Waals surface area contributed by atoms with Crippen molar-refractivity contribution in [2.24, 2.45) is 5.92 Å². The molecule has 1 aliphatic rings. The van der Waals surface area contributed by atoms with Gasteiger partial charge in [0.2, 0.25) is 5.91 Å². The maximum Gasteiger partial charge on any atom is 0.232 e. The van der Waals surface area contributed by atoms with Crippen molar-refractivity contribution in [2.75, 3.05) is 32.4 Å². The van der Waals surface area contributed by atoms with E-state index in [1.807, 2.05) is 18.0 Å². The van der Waals surface area contributed by atoms with E-state index in [-0.39, 0.29) is 18.3 Å². The molecule has 1 atom stereocenters. The summed E-state index contributed by atoms with van der Waals surface area (Å²) in [5.41, 5.74) is 1.22. The Morgan fingerprint density at radius 3 is 2.95 bits per heavy atom. The van der Waals surface area contributed by atoms with E-state index < -0.39 is 0 Å². The third-order valence-corrected chi connectivity index (χ3v) is 5.51. The molecule has 2 rings (SSSR count). The van der Waals surface area contributed by atoms with Gasteiger partial charge in [-0.2, -0.15) is 0 Å². The maximum atomic E-state index is 12.4. The number of hydrogen-bond donors (Lipinski definition) is 1. The normalized spacial score (nSPS) is 18.0. The second-order valence-electron chi connectivity index (χ2n) is 5.60. The third kappa shape index (κ3) is 5.76. The van der Waals surface area contributed by atoms with Crippen LogP contribution in [0.1, 0.15) is 18.4 Å². The van der Waals surface area contributed by atoms with Gasteiger partial charge in [0.15, 0.2) is 0 Å². The zero-order valence-electron chi connectivity index (χ0n) is 13.1. The first-order chi connectivity index (χ1) is 10.1. The van der Waals surface area contributed by atoms with Gasteiger partial charge in [0, 0.05) is 22.5 Å². The van der Waals surface area contributed by atoms with Crippen LogP contribution in [0.2, 0.25) is 0 Å². The van der Waals surface area contributed by atoms with Crippen LogP contribution in [0.5, 0.6) is 0 Å². The molecule has 124 valence electrons. The Hall–Kier alpha value is -0.230. The number of nitrogens with one attached hydrogen (secondary N) is 1. The second-order valence-corrected chi connectivity index (χ2v) is 7.54. The predicted molar refractivity (Wildman–Crippen MR) is 100 cm³/mol. The average molecular weight is 408 g/mol. The molecule has 0 aromatic heterocycles. The quantitative estimate of drug-likeness (QED) is 0.755. The van der Waals surface area contributed by atoms with Crippen LogP contribution in [0.4, 0.5) is 0 Å². The molecule has 1 amide bonds. The van der Waals surface area contributed by atoms with Crippen molar-refractivity contribution in [1.29, 1.82) is 0 Å². The molecule has 22 heavy (non-hydrogen) atoms. The van der Waals surface area contributed by atoms with Gasteiger partial charge in [-0.15, -0.1) is 24.2 Å². The summed E-state index contributed by atoms with van der Waals surface area (Å²) >= 11 is 5.11. The van der Waals surface area contributed by atoms with E-state index in [1.54, 1.807) is 11.8 Å². The lowest BCUT2D eigenvalue weighted by Gasteiger charge is -2.32. The highest BCUT2D eigenvalue weighted by molar-refractivity contribution is 9.10. The minimum Gasteiger partial charge on any atom is -0.342 e. The Morgan fingerprint density at radius 1 is 1.50 bits per heavy atom. The van der Waals surface area contributed by atoms with Crippen LogP contribution in [-0.2, 0) is 4.79 Å². The number of hydrogen-bond acceptors (Lipinski definition) is 3. The number of rotatable bonds is 5. The van der Waals surface area contributed by atoms with Crippen molar-refractivity contribution in [3.8, 4) is 0 Å². The Bertz CT molecular complexity index is 499. The smallest absolute Gasteiger partial charge is 0.232 e. The van der Waals surface area contributed by atoms with Crippen LogP contribution >= 0.6 is 40.1 Å². The Kier molecular flexibility index (Phi) is 8.83. The molecular formula is C16H24BrClN2OS. The molecule has 1 aliphatic heterocycles. The van der Waals surface area contributed by atoms with E-state index in [2.05, 4.69) is 40.3 Å². The molecule has 0 bridgehead atoms. The molecule has 6 heteroatoms. The lowest BCUT2D eigenvalue weighted by molar-refractivity contribution is -0.130. The molecule has 1 saturated heterocycles. The maximum absolute atomic E-state index is 12.4. The number of carbonyl (C=O) groups excluding carboxylic acids is 1. The first-order valence-corrected chi connectivity index (χ1v) is 9.19. The van der Waals surface area contributed by atoms with Gasteiger partial charge in [0.1, 0.15) is 0 Å². The highest BCUT2D eigenvalue weighted by Gasteiger charge is 2.23. The summed E-state index contributed by atoms with van der Waals surface area (Å²) in [6.07, 6.45) is 2.35. The Balaban J connectivity index is 0.00000242. The Labute approximate surface area is 152 Å². The van der Waals surface area contributed by atoms with E-state index in [0.29, 0.717) is 11.7 Å². The predicted octanol–water partition coefficient (Wildman–Crippen LogP) is 3.73. The van der Waals surface area contributed by atoms with Gasteiger partial charge in [-0.1, -0.05) is 15.9 Å². The van der Waals surface area contributed by atoms with Crippen molar-refractivity contribution in [3.05, 3.63) is 28.2 Å². The second kappa shape index (κ2) is 9.81. The van der Waals surface area contributed by atoms with Gasteiger partial charge in [-0.25, -0.2) is 0 Å². The largest absolute Gasteiger partial charge is 0.342 e. The monoisotopic (exact) mass is 406 g/mol. The first-order valence-electron chi connectivity index (χ1n) is 7.41. The fourth-order valence-electron chi connectivity index (χ4n) is 2.75. The molecule has 1 fully saturated rings. The standard InChI is InChI=1S/C16H23BrN2OS.ClH/c1-12-8-14(17)5-6-15(12)21-11-16(20)19-7-3-4-13(10-19)9-18-2;/h5-6,8,13,18H,3-4,7,9-11H2,1-2H3;1H. The number of halogens is 2. The van der Waals surface area contributed by atoms with E-state index in [0.717, 1.165) is 30.5 Å². The topological polar surface area (TPSA) is 32.3 Å². The summed E-state index contributed by atoms with van der Waals surface area (Å²) < 4.78 is 1.08. The van der Waals surface area contributed by atoms with Crippen LogP contribution in [0.15, 0.2) is 27.6 Å². The molecule has 1 unspecified atom stereocenters. The lowest BCUT2D eigenvalue weighted by Crippen LogP contribution is -2.43. The number of amides is 1. The molecular weight excluding hydrogens is 384 g/mol. The molecule has 3 nitrogen and oxygen atoms in total. The highest BCUT2D eigenvalue weighted by atomic mass is 79.9. The minimum atomic E-state index is 0. The Morgan fingerprint density at radius 2 is 2.27 bits per heavy atom. The number of piperidine rings is 1. The van der Waals surface area contributed by atoms with Crippen LogP contribution in [0.3, 0.4) is 0 Å². The molecule has 0 spiro atoms. The van der Waals surface area contributed by atoms with E-state index in [4.69, 9.17) is 0 Å². The molecule has 0 radical (unpaired) electrons. The molecule has 1 heterocycles. The van der Waals surface area contributed by atoms with Crippen molar-refractivity contribution in [3.63, 3.8) is 0 Å². The zero-order valence-corrected chi connectivity index (χ0v) is 16.3. The third-order valence-electron chi connectivity index (χ3n) is 3.85. The molecule has 0 saturated carbocycles. The zero-order chi connectivity index (χ0) is 15.2. The molecule has 0 aliphatic carbocycles. The summed E-state index contributed by atoms with van der Waals surface area (Å²) in [4.78, 5) is 15.6. The summed E-state index contributed by atoms with van der Waals surface area (Å²) in [6.45, 7) is 4.91. The summed E-state index contributed by atoms with van der Waals surface area (Å²) in [7, 11) is 1.98. The first kappa shape index (κ1) is 19.8. The molecule has 1 N–H and O–H groups in total. The number of carbonyl (C=O) groups is 1. The fraction of sp³-hybridized carbons (Fsp3) is 0.562. The summed E-state index contributed by atoms with van der Waals surface area (Å²) in [5.74, 6) is 1.41. The number of thioether (sulfide) groups is 1.